The third-order valence-corrected chi connectivity index (χ3v) is 2.50. The van der Waals surface area contributed by atoms with E-state index in [4.69, 9.17) is 0 Å². The van der Waals surface area contributed by atoms with Crippen LogP contribution in [0.4, 0.5) is 5.82 Å². The number of anilines is 1. The molecule has 0 atom stereocenters. The SMILES string of the molecule is Cc1nnc2ccc(N/N=C\c3cccnc3)nn12. The summed E-state index contributed by atoms with van der Waals surface area (Å²) in [6.07, 6.45) is 5.12. The summed E-state index contributed by atoms with van der Waals surface area (Å²) in [4.78, 5) is 4.00. The number of rotatable bonds is 3. The summed E-state index contributed by atoms with van der Waals surface area (Å²) in [7, 11) is 0. The van der Waals surface area contributed by atoms with Gasteiger partial charge >= 0.3 is 0 Å². The van der Waals surface area contributed by atoms with Gasteiger partial charge in [0.2, 0.25) is 0 Å². The van der Waals surface area contributed by atoms with Gasteiger partial charge in [-0.1, -0.05) is 6.07 Å². The second-order valence-corrected chi connectivity index (χ2v) is 3.89. The topological polar surface area (TPSA) is 80.4 Å². The maximum absolute atomic E-state index is 4.32. The molecule has 0 aliphatic carbocycles. The minimum Gasteiger partial charge on any atom is -0.264 e. The predicted molar refractivity (Wildman–Crippen MR) is 71.0 cm³/mol. The molecule has 0 spiro atoms. The molecule has 0 fully saturated rings. The van der Waals surface area contributed by atoms with Crippen LogP contribution in [0.5, 0.6) is 0 Å². The minimum atomic E-state index is 0.621. The van der Waals surface area contributed by atoms with Crippen molar-refractivity contribution >= 4 is 17.7 Å². The Labute approximate surface area is 109 Å². The van der Waals surface area contributed by atoms with Crippen molar-refractivity contribution in [2.24, 2.45) is 5.10 Å². The van der Waals surface area contributed by atoms with Crippen molar-refractivity contribution in [3.63, 3.8) is 0 Å². The Hall–Kier alpha value is -2.83. The number of aromatic nitrogens is 5. The van der Waals surface area contributed by atoms with Crippen molar-refractivity contribution in [2.45, 2.75) is 6.92 Å². The van der Waals surface area contributed by atoms with E-state index in [1.165, 1.54) is 0 Å². The third-order valence-electron chi connectivity index (χ3n) is 2.50. The van der Waals surface area contributed by atoms with Gasteiger partial charge < -0.3 is 0 Å². The smallest absolute Gasteiger partial charge is 0.178 e. The fourth-order valence-corrected chi connectivity index (χ4v) is 1.58. The van der Waals surface area contributed by atoms with Gasteiger partial charge in [0.15, 0.2) is 17.3 Å². The summed E-state index contributed by atoms with van der Waals surface area (Å²) in [5.41, 5.74) is 4.48. The molecule has 0 saturated heterocycles. The Morgan fingerprint density at radius 1 is 1.26 bits per heavy atom. The average molecular weight is 253 g/mol. The van der Waals surface area contributed by atoms with E-state index in [1.807, 2.05) is 25.1 Å². The van der Waals surface area contributed by atoms with Crippen LogP contribution in [0, 0.1) is 6.92 Å². The van der Waals surface area contributed by atoms with Gasteiger partial charge in [0.25, 0.3) is 0 Å². The lowest BCUT2D eigenvalue weighted by molar-refractivity contribution is 0.875. The van der Waals surface area contributed by atoms with Crippen LogP contribution in [0.1, 0.15) is 11.4 Å². The van der Waals surface area contributed by atoms with E-state index in [0.717, 1.165) is 11.4 Å². The normalized spacial score (nSPS) is 11.2. The van der Waals surface area contributed by atoms with Crippen LogP contribution >= 0.6 is 0 Å². The van der Waals surface area contributed by atoms with E-state index < -0.39 is 0 Å². The largest absolute Gasteiger partial charge is 0.264 e. The number of hydrogen-bond donors (Lipinski definition) is 1. The molecule has 1 N–H and O–H groups in total. The standard InChI is InChI=1S/C12H11N7/c1-9-15-17-12-5-4-11(18-19(9)12)16-14-8-10-3-2-6-13-7-10/h2-8H,1H3,(H,16,18)/b14-8-. The molecular weight excluding hydrogens is 242 g/mol. The van der Waals surface area contributed by atoms with Gasteiger partial charge in [0.1, 0.15) is 0 Å². The van der Waals surface area contributed by atoms with E-state index in [-0.39, 0.29) is 0 Å². The van der Waals surface area contributed by atoms with Gasteiger partial charge in [-0.05, 0) is 25.1 Å². The van der Waals surface area contributed by atoms with E-state index >= 15 is 0 Å². The van der Waals surface area contributed by atoms with Crippen molar-refractivity contribution in [3.8, 4) is 0 Å². The molecule has 0 aliphatic rings. The first-order valence-electron chi connectivity index (χ1n) is 5.71. The second kappa shape index (κ2) is 4.81. The molecule has 0 unspecified atom stereocenters. The molecule has 0 bridgehead atoms. The summed E-state index contributed by atoms with van der Waals surface area (Å²) in [6, 6.07) is 7.39. The first kappa shape index (κ1) is 11.3. The van der Waals surface area contributed by atoms with Gasteiger partial charge in [0, 0.05) is 18.0 Å². The van der Waals surface area contributed by atoms with Crippen molar-refractivity contribution < 1.29 is 0 Å². The lowest BCUT2D eigenvalue weighted by Gasteiger charge is -2.00. The number of fused-ring (bicyclic) bond motifs is 1. The number of hydrazone groups is 1. The number of aryl methyl sites for hydroxylation is 1. The Balaban J connectivity index is 1.78. The highest BCUT2D eigenvalue weighted by Gasteiger charge is 2.02. The molecule has 7 nitrogen and oxygen atoms in total. The molecule has 0 radical (unpaired) electrons. The van der Waals surface area contributed by atoms with Gasteiger partial charge in [0.05, 0.1) is 6.21 Å². The molecule has 0 saturated carbocycles. The fraction of sp³-hybridized carbons (Fsp3) is 0.0833. The highest BCUT2D eigenvalue weighted by molar-refractivity contribution is 5.79. The fourth-order valence-electron chi connectivity index (χ4n) is 1.58. The van der Waals surface area contributed by atoms with Gasteiger partial charge in [-0.15, -0.1) is 15.3 Å². The van der Waals surface area contributed by atoms with E-state index in [0.29, 0.717) is 11.5 Å². The molecule has 3 heterocycles. The zero-order valence-corrected chi connectivity index (χ0v) is 10.2. The van der Waals surface area contributed by atoms with E-state index in [2.05, 4.69) is 30.8 Å². The van der Waals surface area contributed by atoms with E-state index in [9.17, 15) is 0 Å². The second-order valence-electron chi connectivity index (χ2n) is 3.89. The molecular formula is C12H11N7. The number of hydrogen-bond acceptors (Lipinski definition) is 6. The van der Waals surface area contributed by atoms with E-state index in [1.54, 1.807) is 29.2 Å². The average Bonchev–Trinajstić information content (AvgIpc) is 2.82. The van der Waals surface area contributed by atoms with Crippen LogP contribution in [-0.4, -0.2) is 31.0 Å². The maximum atomic E-state index is 4.32. The zero-order valence-electron chi connectivity index (χ0n) is 10.2. The minimum absolute atomic E-state index is 0.621. The molecule has 7 heteroatoms. The molecule has 3 aromatic rings. The molecule has 0 aliphatic heterocycles. The summed E-state index contributed by atoms with van der Waals surface area (Å²) in [5, 5.41) is 16.3. The summed E-state index contributed by atoms with van der Waals surface area (Å²) >= 11 is 0. The highest BCUT2D eigenvalue weighted by atomic mass is 15.4. The quantitative estimate of drug-likeness (QED) is 0.561. The number of nitrogens with one attached hydrogen (secondary N) is 1. The van der Waals surface area contributed by atoms with Crippen molar-refractivity contribution in [2.75, 3.05) is 5.43 Å². The molecule has 3 aromatic heterocycles. The molecule has 3 rings (SSSR count). The molecule has 94 valence electrons. The number of pyridine rings is 1. The lowest BCUT2D eigenvalue weighted by Crippen LogP contribution is -2.00. The first-order chi connectivity index (χ1) is 9.33. The molecule has 0 amide bonds. The zero-order chi connectivity index (χ0) is 13.1. The van der Waals surface area contributed by atoms with Crippen LogP contribution in [0.25, 0.3) is 5.65 Å². The van der Waals surface area contributed by atoms with Crippen molar-refractivity contribution in [1.29, 1.82) is 0 Å². The van der Waals surface area contributed by atoms with Crippen LogP contribution in [0.15, 0.2) is 41.8 Å². The lowest BCUT2D eigenvalue weighted by atomic mass is 10.3. The van der Waals surface area contributed by atoms with Crippen LogP contribution < -0.4 is 5.43 Å². The van der Waals surface area contributed by atoms with Crippen molar-refractivity contribution in [3.05, 3.63) is 48.0 Å². The van der Waals surface area contributed by atoms with Gasteiger partial charge in [-0.25, -0.2) is 0 Å². The van der Waals surface area contributed by atoms with Crippen molar-refractivity contribution in [1.82, 2.24) is 24.8 Å². The Morgan fingerprint density at radius 3 is 3.05 bits per heavy atom. The van der Waals surface area contributed by atoms with Gasteiger partial charge in [-0.2, -0.15) is 9.62 Å². The van der Waals surface area contributed by atoms with Crippen LogP contribution in [-0.2, 0) is 0 Å². The Bertz CT molecular complexity index is 717. The summed E-state index contributed by atoms with van der Waals surface area (Å²) in [6.45, 7) is 1.84. The monoisotopic (exact) mass is 253 g/mol. The highest BCUT2D eigenvalue weighted by Crippen LogP contribution is 2.06. The summed E-state index contributed by atoms with van der Waals surface area (Å²) < 4.78 is 1.65. The third kappa shape index (κ3) is 2.39. The summed E-state index contributed by atoms with van der Waals surface area (Å²) in [5.74, 6) is 1.35. The molecule has 0 aromatic carbocycles. The maximum Gasteiger partial charge on any atom is 0.178 e. The van der Waals surface area contributed by atoms with Gasteiger partial charge in [-0.3, -0.25) is 10.4 Å². The van der Waals surface area contributed by atoms with Crippen LogP contribution in [0.3, 0.4) is 0 Å². The molecule has 19 heavy (non-hydrogen) atoms. The van der Waals surface area contributed by atoms with Crippen LogP contribution in [0.2, 0.25) is 0 Å². The number of nitrogens with zero attached hydrogens (tertiary/aromatic N) is 6. The Kier molecular flexibility index (Phi) is 2.85. The Morgan fingerprint density at radius 2 is 2.21 bits per heavy atom. The first-order valence-corrected chi connectivity index (χ1v) is 5.71. The predicted octanol–water partition coefficient (Wildman–Crippen LogP) is 1.27.